The van der Waals surface area contributed by atoms with E-state index in [1.807, 2.05) is 6.07 Å². The van der Waals surface area contributed by atoms with Gasteiger partial charge in [0.15, 0.2) is 0 Å². The van der Waals surface area contributed by atoms with Gasteiger partial charge in [0, 0.05) is 0 Å². The fraction of sp³-hybridized carbons (Fsp3) is 0.400. The average Bonchev–Trinajstić information content (AvgIpc) is 2.55. The number of aliphatic hydroxyl groups excluding tert-OH is 1. The standard InChI is InChI=1S/C20H26O/c1-3-5-6-7-16-8-11-19(12-9-16)20-13-10-17(15-21)14-18(20)4-2/h8-14,21H,3-7,15H2,1-2H3. The first-order valence-corrected chi connectivity index (χ1v) is 8.10. The Morgan fingerprint density at radius 2 is 1.57 bits per heavy atom. The van der Waals surface area contributed by atoms with Crippen molar-refractivity contribution in [2.45, 2.75) is 52.6 Å². The molecule has 0 atom stereocenters. The molecule has 2 aromatic carbocycles. The van der Waals surface area contributed by atoms with Crippen LogP contribution in [0.5, 0.6) is 0 Å². The summed E-state index contributed by atoms with van der Waals surface area (Å²) in [5.74, 6) is 0. The predicted molar refractivity (Wildman–Crippen MR) is 90.4 cm³/mol. The van der Waals surface area contributed by atoms with E-state index in [1.54, 1.807) is 0 Å². The predicted octanol–water partition coefficient (Wildman–Crippen LogP) is 5.14. The van der Waals surface area contributed by atoms with Gasteiger partial charge in [-0.25, -0.2) is 0 Å². The van der Waals surface area contributed by atoms with Crippen LogP contribution in [0.1, 0.15) is 49.8 Å². The van der Waals surface area contributed by atoms with Gasteiger partial charge in [0.2, 0.25) is 0 Å². The van der Waals surface area contributed by atoms with Gasteiger partial charge in [-0.2, -0.15) is 0 Å². The number of hydrogen-bond acceptors (Lipinski definition) is 1. The lowest BCUT2D eigenvalue weighted by molar-refractivity contribution is 0.282. The van der Waals surface area contributed by atoms with Crippen LogP contribution in [0, 0.1) is 0 Å². The van der Waals surface area contributed by atoms with Crippen molar-refractivity contribution in [3.05, 3.63) is 59.2 Å². The molecule has 1 heteroatoms. The first kappa shape index (κ1) is 15.8. The lowest BCUT2D eigenvalue weighted by atomic mass is 9.95. The minimum atomic E-state index is 0.115. The molecule has 112 valence electrons. The van der Waals surface area contributed by atoms with Gasteiger partial charge in [0.25, 0.3) is 0 Å². The zero-order valence-corrected chi connectivity index (χ0v) is 13.2. The molecule has 0 bridgehead atoms. The molecule has 21 heavy (non-hydrogen) atoms. The SMILES string of the molecule is CCCCCc1ccc(-c2ccc(CO)cc2CC)cc1. The molecule has 0 spiro atoms. The Labute approximate surface area is 128 Å². The fourth-order valence-electron chi connectivity index (χ4n) is 2.75. The zero-order valence-electron chi connectivity index (χ0n) is 13.2. The summed E-state index contributed by atoms with van der Waals surface area (Å²) < 4.78 is 0. The summed E-state index contributed by atoms with van der Waals surface area (Å²) in [6, 6.07) is 15.2. The van der Waals surface area contributed by atoms with Gasteiger partial charge in [-0.15, -0.1) is 0 Å². The van der Waals surface area contributed by atoms with Gasteiger partial charge in [-0.05, 0) is 47.1 Å². The van der Waals surface area contributed by atoms with Crippen LogP contribution < -0.4 is 0 Å². The highest BCUT2D eigenvalue weighted by atomic mass is 16.3. The number of unbranched alkanes of at least 4 members (excludes halogenated alkanes) is 2. The molecule has 0 unspecified atom stereocenters. The number of aliphatic hydroxyl groups is 1. The Bertz CT molecular complexity index is 555. The van der Waals surface area contributed by atoms with Gasteiger partial charge in [-0.3, -0.25) is 0 Å². The summed E-state index contributed by atoms with van der Waals surface area (Å²) >= 11 is 0. The van der Waals surface area contributed by atoms with E-state index in [9.17, 15) is 5.11 Å². The van der Waals surface area contributed by atoms with Crippen LogP contribution >= 0.6 is 0 Å². The summed E-state index contributed by atoms with van der Waals surface area (Å²) in [5, 5.41) is 9.26. The Hall–Kier alpha value is -1.60. The smallest absolute Gasteiger partial charge is 0.0681 e. The summed E-state index contributed by atoms with van der Waals surface area (Å²) in [4.78, 5) is 0. The van der Waals surface area contributed by atoms with E-state index >= 15 is 0 Å². The summed E-state index contributed by atoms with van der Waals surface area (Å²) in [6.45, 7) is 4.52. The van der Waals surface area contributed by atoms with E-state index in [2.05, 4.69) is 50.2 Å². The van der Waals surface area contributed by atoms with Gasteiger partial charge in [-0.1, -0.05) is 69.2 Å². The summed E-state index contributed by atoms with van der Waals surface area (Å²) in [6.07, 6.45) is 6.03. The molecule has 0 aliphatic carbocycles. The molecule has 0 saturated heterocycles. The van der Waals surface area contributed by atoms with Gasteiger partial charge in [0.1, 0.15) is 0 Å². The van der Waals surface area contributed by atoms with Crippen LogP contribution in [0.25, 0.3) is 11.1 Å². The van der Waals surface area contributed by atoms with E-state index in [4.69, 9.17) is 0 Å². The van der Waals surface area contributed by atoms with Crippen molar-refractivity contribution < 1.29 is 5.11 Å². The highest BCUT2D eigenvalue weighted by Gasteiger charge is 2.05. The van der Waals surface area contributed by atoms with Gasteiger partial charge >= 0.3 is 0 Å². The van der Waals surface area contributed by atoms with Crippen molar-refractivity contribution in [3.63, 3.8) is 0 Å². The molecule has 0 aromatic heterocycles. The largest absolute Gasteiger partial charge is 0.392 e. The van der Waals surface area contributed by atoms with Crippen LogP contribution in [-0.4, -0.2) is 5.11 Å². The van der Waals surface area contributed by atoms with E-state index in [0.717, 1.165) is 12.0 Å². The molecular formula is C20H26O. The quantitative estimate of drug-likeness (QED) is 0.697. The van der Waals surface area contributed by atoms with E-state index < -0.39 is 0 Å². The Kier molecular flexibility index (Phi) is 6.01. The van der Waals surface area contributed by atoms with Crippen molar-refractivity contribution in [1.29, 1.82) is 0 Å². The third-order valence-corrected chi connectivity index (χ3v) is 4.07. The van der Waals surface area contributed by atoms with Crippen LogP contribution in [0.3, 0.4) is 0 Å². The second-order valence-electron chi connectivity index (χ2n) is 5.66. The van der Waals surface area contributed by atoms with Crippen LogP contribution in [0.15, 0.2) is 42.5 Å². The molecule has 0 heterocycles. The Balaban J connectivity index is 2.18. The first-order chi connectivity index (χ1) is 10.3. The van der Waals surface area contributed by atoms with E-state index in [-0.39, 0.29) is 6.61 Å². The number of benzene rings is 2. The second-order valence-corrected chi connectivity index (χ2v) is 5.66. The second kappa shape index (κ2) is 7.99. The number of hydrogen-bond donors (Lipinski definition) is 1. The molecule has 0 fully saturated rings. The van der Waals surface area contributed by atoms with Crippen molar-refractivity contribution in [2.75, 3.05) is 0 Å². The van der Waals surface area contributed by atoms with Crippen molar-refractivity contribution >= 4 is 0 Å². The lowest BCUT2D eigenvalue weighted by Crippen LogP contribution is -1.92. The monoisotopic (exact) mass is 282 g/mol. The van der Waals surface area contributed by atoms with Gasteiger partial charge < -0.3 is 5.11 Å². The summed E-state index contributed by atoms with van der Waals surface area (Å²) in [7, 11) is 0. The summed E-state index contributed by atoms with van der Waals surface area (Å²) in [5.41, 5.74) is 6.29. The van der Waals surface area contributed by atoms with Gasteiger partial charge in [0.05, 0.1) is 6.61 Å². The molecule has 0 radical (unpaired) electrons. The van der Waals surface area contributed by atoms with Crippen molar-refractivity contribution in [1.82, 2.24) is 0 Å². The van der Waals surface area contributed by atoms with Crippen molar-refractivity contribution in [2.24, 2.45) is 0 Å². The van der Waals surface area contributed by atoms with Crippen molar-refractivity contribution in [3.8, 4) is 11.1 Å². The molecule has 0 saturated carbocycles. The van der Waals surface area contributed by atoms with Crippen LogP contribution in [-0.2, 0) is 19.4 Å². The molecule has 2 aromatic rings. The number of aryl methyl sites for hydroxylation is 2. The Morgan fingerprint density at radius 1 is 0.857 bits per heavy atom. The van der Waals surface area contributed by atoms with E-state index in [1.165, 1.54) is 47.9 Å². The maximum atomic E-state index is 9.26. The lowest BCUT2D eigenvalue weighted by Gasteiger charge is -2.11. The van der Waals surface area contributed by atoms with Crippen LogP contribution in [0.2, 0.25) is 0 Å². The third kappa shape index (κ3) is 4.18. The number of rotatable bonds is 7. The molecule has 1 nitrogen and oxygen atoms in total. The molecule has 0 aliphatic rings. The topological polar surface area (TPSA) is 20.2 Å². The maximum Gasteiger partial charge on any atom is 0.0681 e. The maximum absolute atomic E-state index is 9.26. The minimum absolute atomic E-state index is 0.115. The van der Waals surface area contributed by atoms with Crippen LogP contribution in [0.4, 0.5) is 0 Å². The molecule has 2 rings (SSSR count). The molecule has 0 aliphatic heterocycles. The zero-order chi connectivity index (χ0) is 15.1. The third-order valence-electron chi connectivity index (χ3n) is 4.07. The normalized spacial score (nSPS) is 10.8. The highest BCUT2D eigenvalue weighted by molar-refractivity contribution is 5.68. The average molecular weight is 282 g/mol. The molecular weight excluding hydrogens is 256 g/mol. The first-order valence-electron chi connectivity index (χ1n) is 8.10. The van der Waals surface area contributed by atoms with E-state index in [0.29, 0.717) is 0 Å². The Morgan fingerprint density at radius 3 is 2.19 bits per heavy atom. The fourth-order valence-corrected chi connectivity index (χ4v) is 2.75. The highest BCUT2D eigenvalue weighted by Crippen LogP contribution is 2.26. The molecule has 1 N–H and O–H groups in total. The molecule has 0 amide bonds. The minimum Gasteiger partial charge on any atom is -0.392 e.